The van der Waals surface area contributed by atoms with Crippen LogP contribution in [0.5, 0.6) is 11.5 Å². The van der Waals surface area contributed by atoms with Gasteiger partial charge in [-0.05, 0) is 42.2 Å². The molecule has 108 valence electrons. The lowest BCUT2D eigenvalue weighted by Gasteiger charge is -2.26. The molecule has 1 atom stereocenters. The van der Waals surface area contributed by atoms with Crippen molar-refractivity contribution in [3.63, 3.8) is 0 Å². The lowest BCUT2D eigenvalue weighted by atomic mass is 9.98. The average Bonchev–Trinajstić information content (AvgIpc) is 2.49. The number of hydrogen-bond acceptors (Lipinski definition) is 3. The van der Waals surface area contributed by atoms with E-state index in [4.69, 9.17) is 9.47 Å². The molecule has 2 aromatic rings. The Labute approximate surface area is 124 Å². The van der Waals surface area contributed by atoms with Crippen molar-refractivity contribution in [3.8, 4) is 11.5 Å². The van der Waals surface area contributed by atoms with Crippen LogP contribution in [0.1, 0.15) is 24.5 Å². The second-order valence-electron chi connectivity index (χ2n) is 5.33. The topological polar surface area (TPSA) is 35.5 Å². The third-order valence-electron chi connectivity index (χ3n) is 3.65. The van der Waals surface area contributed by atoms with Gasteiger partial charge in [-0.15, -0.1) is 0 Å². The van der Waals surface area contributed by atoms with E-state index in [2.05, 4.69) is 12.1 Å². The third-order valence-corrected chi connectivity index (χ3v) is 3.65. The Balaban J connectivity index is 1.64. The molecule has 3 rings (SSSR count). The van der Waals surface area contributed by atoms with Gasteiger partial charge in [-0.1, -0.05) is 30.3 Å². The molecule has 3 nitrogen and oxygen atoms in total. The molecule has 0 aromatic heterocycles. The second-order valence-corrected chi connectivity index (χ2v) is 5.33. The molecule has 2 aromatic carbocycles. The van der Waals surface area contributed by atoms with Crippen LogP contribution in [-0.4, -0.2) is 12.1 Å². The minimum absolute atomic E-state index is 0.208. The van der Waals surface area contributed by atoms with Crippen molar-refractivity contribution >= 4 is 5.97 Å². The van der Waals surface area contributed by atoms with Gasteiger partial charge in [0, 0.05) is 13.3 Å². The average molecular weight is 282 g/mol. The van der Waals surface area contributed by atoms with Crippen LogP contribution in [0.15, 0.2) is 48.5 Å². The third kappa shape index (κ3) is 3.43. The van der Waals surface area contributed by atoms with E-state index in [1.165, 1.54) is 18.1 Å². The first-order chi connectivity index (χ1) is 10.2. The number of esters is 1. The van der Waals surface area contributed by atoms with E-state index in [-0.39, 0.29) is 12.1 Å². The summed E-state index contributed by atoms with van der Waals surface area (Å²) in [5, 5.41) is 0. The molecule has 1 aliphatic heterocycles. The van der Waals surface area contributed by atoms with Crippen LogP contribution >= 0.6 is 0 Å². The fourth-order valence-corrected chi connectivity index (χ4v) is 2.65. The summed E-state index contributed by atoms with van der Waals surface area (Å²) in [6.45, 7) is 1.40. The number of rotatable bonds is 3. The maximum atomic E-state index is 10.9. The van der Waals surface area contributed by atoms with Gasteiger partial charge in [0.1, 0.15) is 17.6 Å². The maximum Gasteiger partial charge on any atom is 0.308 e. The van der Waals surface area contributed by atoms with E-state index < -0.39 is 0 Å². The first kappa shape index (κ1) is 13.7. The first-order valence-corrected chi connectivity index (χ1v) is 7.22. The summed E-state index contributed by atoms with van der Waals surface area (Å²) in [5.41, 5.74) is 2.48. The molecule has 0 amide bonds. The Morgan fingerprint density at radius 2 is 1.95 bits per heavy atom. The SMILES string of the molecule is CC(=O)Oc1ccc(CC2CCc3ccccc3O2)cc1. The summed E-state index contributed by atoms with van der Waals surface area (Å²) in [6.07, 6.45) is 3.17. The molecule has 0 fully saturated rings. The van der Waals surface area contributed by atoms with Crippen molar-refractivity contribution in [1.29, 1.82) is 0 Å². The van der Waals surface area contributed by atoms with E-state index in [0.29, 0.717) is 5.75 Å². The van der Waals surface area contributed by atoms with Gasteiger partial charge in [-0.2, -0.15) is 0 Å². The zero-order valence-corrected chi connectivity index (χ0v) is 12.0. The molecule has 0 aliphatic carbocycles. The maximum absolute atomic E-state index is 10.9. The highest BCUT2D eigenvalue weighted by Crippen LogP contribution is 2.28. The Morgan fingerprint density at radius 1 is 1.19 bits per heavy atom. The van der Waals surface area contributed by atoms with E-state index in [1.807, 2.05) is 36.4 Å². The van der Waals surface area contributed by atoms with Crippen LogP contribution in [0.3, 0.4) is 0 Å². The van der Waals surface area contributed by atoms with E-state index >= 15 is 0 Å². The minimum atomic E-state index is -0.296. The number of para-hydroxylation sites is 1. The second kappa shape index (κ2) is 6.00. The van der Waals surface area contributed by atoms with Crippen molar-refractivity contribution < 1.29 is 14.3 Å². The summed E-state index contributed by atoms with van der Waals surface area (Å²) >= 11 is 0. The molecule has 0 spiro atoms. The molecule has 0 radical (unpaired) electrons. The van der Waals surface area contributed by atoms with Gasteiger partial charge in [-0.3, -0.25) is 4.79 Å². The van der Waals surface area contributed by atoms with Crippen LogP contribution in [0.4, 0.5) is 0 Å². The fraction of sp³-hybridized carbons (Fsp3) is 0.278. The van der Waals surface area contributed by atoms with Gasteiger partial charge in [-0.25, -0.2) is 0 Å². The highest BCUT2D eigenvalue weighted by Gasteiger charge is 2.19. The fourth-order valence-electron chi connectivity index (χ4n) is 2.65. The van der Waals surface area contributed by atoms with E-state index in [9.17, 15) is 4.79 Å². The normalized spacial score (nSPS) is 16.7. The number of carbonyl (C=O) groups excluding carboxylic acids is 1. The predicted molar refractivity (Wildman–Crippen MR) is 80.6 cm³/mol. The molecule has 1 heterocycles. The highest BCUT2D eigenvalue weighted by atomic mass is 16.5. The molecule has 0 saturated carbocycles. The van der Waals surface area contributed by atoms with E-state index in [0.717, 1.165) is 25.0 Å². The molecule has 1 unspecified atom stereocenters. The van der Waals surface area contributed by atoms with Crippen molar-refractivity contribution in [2.75, 3.05) is 0 Å². The number of aryl methyl sites for hydroxylation is 1. The predicted octanol–water partition coefficient (Wildman–Crippen LogP) is 3.55. The van der Waals surface area contributed by atoms with Crippen LogP contribution in [-0.2, 0) is 17.6 Å². The first-order valence-electron chi connectivity index (χ1n) is 7.22. The van der Waals surface area contributed by atoms with Gasteiger partial charge in [0.2, 0.25) is 0 Å². The Hall–Kier alpha value is -2.29. The van der Waals surface area contributed by atoms with Crippen LogP contribution in [0.2, 0.25) is 0 Å². The zero-order chi connectivity index (χ0) is 14.7. The molecule has 0 bridgehead atoms. The molecule has 3 heteroatoms. The number of ether oxygens (including phenoxy) is 2. The summed E-state index contributed by atoms with van der Waals surface area (Å²) in [7, 11) is 0. The van der Waals surface area contributed by atoms with Crippen LogP contribution in [0, 0.1) is 0 Å². The summed E-state index contributed by atoms with van der Waals surface area (Å²) in [6, 6.07) is 15.8. The molecule has 1 aliphatic rings. The van der Waals surface area contributed by atoms with Gasteiger partial charge < -0.3 is 9.47 Å². The van der Waals surface area contributed by atoms with Gasteiger partial charge in [0.25, 0.3) is 0 Å². The molecule has 0 N–H and O–H groups in total. The number of fused-ring (bicyclic) bond motifs is 1. The monoisotopic (exact) mass is 282 g/mol. The molecular formula is C18H18O3. The summed E-state index contributed by atoms with van der Waals surface area (Å²) in [4.78, 5) is 10.9. The highest BCUT2D eigenvalue weighted by molar-refractivity contribution is 5.69. The Kier molecular flexibility index (Phi) is 3.91. The van der Waals surface area contributed by atoms with Crippen LogP contribution in [0.25, 0.3) is 0 Å². The number of hydrogen-bond donors (Lipinski definition) is 0. The summed E-state index contributed by atoms with van der Waals surface area (Å²) in [5.74, 6) is 1.29. The molecule has 21 heavy (non-hydrogen) atoms. The Morgan fingerprint density at radius 3 is 2.71 bits per heavy atom. The standard InChI is InChI=1S/C18H18O3/c1-13(19)20-16-9-6-14(7-10-16)12-17-11-8-15-4-2-3-5-18(15)21-17/h2-7,9-10,17H,8,11-12H2,1H3. The van der Waals surface area contributed by atoms with Crippen molar-refractivity contribution in [2.45, 2.75) is 32.3 Å². The smallest absolute Gasteiger partial charge is 0.308 e. The van der Waals surface area contributed by atoms with Gasteiger partial charge in [0.05, 0.1) is 0 Å². The van der Waals surface area contributed by atoms with Crippen LogP contribution < -0.4 is 9.47 Å². The van der Waals surface area contributed by atoms with Gasteiger partial charge in [0.15, 0.2) is 0 Å². The van der Waals surface area contributed by atoms with Gasteiger partial charge >= 0.3 is 5.97 Å². The molecular weight excluding hydrogens is 264 g/mol. The van der Waals surface area contributed by atoms with Crippen molar-refractivity contribution in [2.24, 2.45) is 0 Å². The zero-order valence-electron chi connectivity index (χ0n) is 12.0. The van der Waals surface area contributed by atoms with Crippen molar-refractivity contribution in [1.82, 2.24) is 0 Å². The quantitative estimate of drug-likeness (QED) is 0.638. The largest absolute Gasteiger partial charge is 0.490 e. The Bertz CT molecular complexity index is 631. The number of benzene rings is 2. The summed E-state index contributed by atoms with van der Waals surface area (Å²) < 4.78 is 11.1. The minimum Gasteiger partial charge on any atom is -0.490 e. The lowest BCUT2D eigenvalue weighted by molar-refractivity contribution is -0.131. The van der Waals surface area contributed by atoms with E-state index in [1.54, 1.807) is 0 Å². The van der Waals surface area contributed by atoms with Crippen molar-refractivity contribution in [3.05, 3.63) is 59.7 Å². The molecule has 0 saturated heterocycles. The number of carbonyl (C=O) groups is 1. The lowest BCUT2D eigenvalue weighted by Crippen LogP contribution is -2.24.